The van der Waals surface area contributed by atoms with Crippen molar-refractivity contribution in [2.75, 3.05) is 13.2 Å². The number of carboxylic acids is 1. The Hall–Kier alpha value is -2.45. The lowest BCUT2D eigenvalue weighted by molar-refractivity contribution is -0.138. The summed E-state index contributed by atoms with van der Waals surface area (Å²) in [4.78, 5) is 33.9. The normalized spacial score (nSPS) is 11.6. The summed E-state index contributed by atoms with van der Waals surface area (Å²) in [6.45, 7) is 2.52. The van der Waals surface area contributed by atoms with Crippen molar-refractivity contribution in [3.8, 4) is 0 Å². The molecule has 0 aliphatic heterocycles. The Bertz CT molecular complexity index is 559. The van der Waals surface area contributed by atoms with Gasteiger partial charge in [-0.2, -0.15) is 0 Å². The van der Waals surface area contributed by atoms with Gasteiger partial charge in [-0.05, 0) is 50.5 Å². The summed E-state index contributed by atoms with van der Waals surface area (Å²) < 4.78 is 4.86. The Kier molecular flexibility index (Phi) is 8.45. The van der Waals surface area contributed by atoms with Gasteiger partial charge >= 0.3 is 11.9 Å². The lowest BCUT2D eigenvalue weighted by Gasteiger charge is -2.09. The van der Waals surface area contributed by atoms with Gasteiger partial charge in [0.2, 0.25) is 0 Å². The summed E-state index contributed by atoms with van der Waals surface area (Å²) in [5.74, 6) is -1.77. The van der Waals surface area contributed by atoms with Crippen molar-refractivity contribution in [3.63, 3.8) is 0 Å². The lowest BCUT2D eigenvalue weighted by atomic mass is 10.1. The van der Waals surface area contributed by atoms with Gasteiger partial charge in [0.1, 0.15) is 6.04 Å². The monoisotopic (exact) mass is 337 g/mol. The first-order valence-electron chi connectivity index (χ1n) is 7.74. The molecule has 0 aliphatic rings. The average molecular weight is 337 g/mol. The van der Waals surface area contributed by atoms with Crippen LogP contribution in [0.15, 0.2) is 24.3 Å². The summed E-state index contributed by atoms with van der Waals surface area (Å²) in [7, 11) is 0. The van der Waals surface area contributed by atoms with Gasteiger partial charge in [0, 0.05) is 12.1 Å². The van der Waals surface area contributed by atoms with E-state index in [0.717, 1.165) is 0 Å². The number of ether oxygens (including phenoxy) is 1. The predicted molar refractivity (Wildman–Crippen MR) is 87.3 cm³/mol. The number of unbranched alkanes of at least 4 members (excludes halogenated alkanes) is 1. The molecule has 0 saturated heterocycles. The molecule has 0 aliphatic carbocycles. The number of hydrogen-bond donors (Lipinski definition) is 4. The van der Waals surface area contributed by atoms with Gasteiger partial charge in [-0.15, -0.1) is 0 Å². The van der Waals surface area contributed by atoms with E-state index in [2.05, 4.69) is 10.9 Å². The molecule has 0 radical (unpaired) electrons. The molecule has 0 spiro atoms. The van der Waals surface area contributed by atoms with Crippen molar-refractivity contribution >= 4 is 17.8 Å². The molecule has 8 nitrogen and oxygen atoms in total. The number of rotatable bonds is 10. The zero-order valence-corrected chi connectivity index (χ0v) is 13.6. The highest BCUT2D eigenvalue weighted by atomic mass is 16.5. The highest BCUT2D eigenvalue weighted by Crippen LogP contribution is 2.06. The first kappa shape index (κ1) is 19.6. The van der Waals surface area contributed by atoms with Crippen molar-refractivity contribution in [2.45, 2.75) is 32.2 Å². The number of hydrazine groups is 1. The molecule has 0 aromatic heterocycles. The number of esters is 1. The third-order valence-corrected chi connectivity index (χ3v) is 3.24. The Morgan fingerprint density at radius 1 is 1.17 bits per heavy atom. The fourth-order valence-electron chi connectivity index (χ4n) is 1.89. The van der Waals surface area contributed by atoms with Crippen molar-refractivity contribution in [2.24, 2.45) is 5.73 Å². The molecule has 0 bridgehead atoms. The van der Waals surface area contributed by atoms with Gasteiger partial charge in [-0.1, -0.05) is 0 Å². The lowest BCUT2D eigenvalue weighted by Crippen LogP contribution is -2.38. The standard InChI is InChI=1S/C16H23N3O5/c1-2-24-16(23)12-8-6-11(7-9-12)14(20)19-18-10-4-3-5-13(17)15(21)22/h6-9,13,18H,2-5,10,17H2,1H3,(H,19,20)(H,21,22)/t13-/m0/s1. The maximum Gasteiger partial charge on any atom is 0.338 e. The van der Waals surface area contributed by atoms with E-state index < -0.39 is 18.0 Å². The predicted octanol–water partition coefficient (Wildman–Crippen LogP) is 0.680. The molecule has 0 heterocycles. The number of carboxylic acid groups (broad SMARTS) is 1. The Morgan fingerprint density at radius 3 is 2.38 bits per heavy atom. The van der Waals surface area contributed by atoms with Crippen molar-refractivity contribution in [1.29, 1.82) is 0 Å². The van der Waals surface area contributed by atoms with Gasteiger partial charge in [-0.3, -0.25) is 15.0 Å². The molecule has 5 N–H and O–H groups in total. The van der Waals surface area contributed by atoms with Crippen LogP contribution in [0.3, 0.4) is 0 Å². The summed E-state index contributed by atoms with van der Waals surface area (Å²) in [5, 5.41) is 8.64. The maximum atomic E-state index is 11.9. The summed E-state index contributed by atoms with van der Waals surface area (Å²) in [5.41, 5.74) is 11.5. The number of aliphatic carboxylic acids is 1. The number of hydrogen-bond acceptors (Lipinski definition) is 6. The van der Waals surface area contributed by atoms with Gasteiger partial charge in [0.25, 0.3) is 5.91 Å². The van der Waals surface area contributed by atoms with Crippen LogP contribution in [-0.4, -0.2) is 42.1 Å². The third-order valence-electron chi connectivity index (χ3n) is 3.24. The van der Waals surface area contributed by atoms with E-state index in [1.165, 1.54) is 24.3 Å². The number of carbonyl (C=O) groups is 3. The van der Waals surface area contributed by atoms with Crippen molar-refractivity contribution < 1.29 is 24.2 Å². The highest BCUT2D eigenvalue weighted by Gasteiger charge is 2.11. The SMILES string of the molecule is CCOC(=O)c1ccc(C(=O)NNCCCC[C@H](N)C(=O)O)cc1. The average Bonchev–Trinajstić information content (AvgIpc) is 2.57. The zero-order valence-electron chi connectivity index (χ0n) is 13.6. The van der Waals surface area contributed by atoms with Crippen LogP contribution in [-0.2, 0) is 9.53 Å². The molecule has 132 valence electrons. The Labute approximate surface area is 140 Å². The Morgan fingerprint density at radius 2 is 1.79 bits per heavy atom. The summed E-state index contributed by atoms with van der Waals surface area (Å²) in [6, 6.07) is 5.28. The molecule has 1 amide bonds. The topological polar surface area (TPSA) is 131 Å². The van der Waals surface area contributed by atoms with Crippen LogP contribution in [0.2, 0.25) is 0 Å². The van der Waals surface area contributed by atoms with Crippen LogP contribution in [0.1, 0.15) is 46.9 Å². The number of carbonyl (C=O) groups excluding carboxylic acids is 2. The van der Waals surface area contributed by atoms with E-state index >= 15 is 0 Å². The highest BCUT2D eigenvalue weighted by molar-refractivity contribution is 5.95. The fourth-order valence-corrected chi connectivity index (χ4v) is 1.89. The molecular weight excluding hydrogens is 314 g/mol. The third kappa shape index (κ3) is 6.76. The van der Waals surface area contributed by atoms with E-state index in [1.54, 1.807) is 6.92 Å². The molecule has 1 aromatic carbocycles. The summed E-state index contributed by atoms with van der Waals surface area (Å²) in [6.07, 6.45) is 1.72. The second-order valence-corrected chi connectivity index (χ2v) is 5.12. The van der Waals surface area contributed by atoms with E-state index in [-0.39, 0.29) is 5.91 Å². The largest absolute Gasteiger partial charge is 0.480 e. The van der Waals surface area contributed by atoms with Gasteiger partial charge < -0.3 is 15.6 Å². The van der Waals surface area contributed by atoms with Crippen molar-refractivity contribution in [1.82, 2.24) is 10.9 Å². The quantitative estimate of drug-likeness (QED) is 0.280. The molecular formula is C16H23N3O5. The molecule has 0 saturated carbocycles. The van der Waals surface area contributed by atoms with E-state index in [4.69, 9.17) is 15.6 Å². The van der Waals surface area contributed by atoms with E-state index in [0.29, 0.717) is 43.5 Å². The minimum absolute atomic E-state index is 0.294. The molecule has 1 aromatic rings. The smallest absolute Gasteiger partial charge is 0.338 e. The van der Waals surface area contributed by atoms with Crippen LogP contribution < -0.4 is 16.6 Å². The second kappa shape index (κ2) is 10.3. The van der Waals surface area contributed by atoms with Crippen LogP contribution in [0.25, 0.3) is 0 Å². The van der Waals surface area contributed by atoms with Crippen LogP contribution >= 0.6 is 0 Å². The molecule has 24 heavy (non-hydrogen) atoms. The van der Waals surface area contributed by atoms with Gasteiger partial charge in [0.15, 0.2) is 0 Å². The maximum absolute atomic E-state index is 11.9. The molecule has 0 unspecified atom stereocenters. The Balaban J connectivity index is 2.28. The van der Waals surface area contributed by atoms with Crippen LogP contribution in [0, 0.1) is 0 Å². The van der Waals surface area contributed by atoms with Gasteiger partial charge in [-0.25, -0.2) is 10.2 Å². The minimum Gasteiger partial charge on any atom is -0.480 e. The molecule has 1 atom stereocenters. The van der Waals surface area contributed by atoms with Crippen molar-refractivity contribution in [3.05, 3.63) is 35.4 Å². The first-order chi connectivity index (χ1) is 11.5. The number of nitrogens with two attached hydrogens (primary N) is 1. The molecule has 8 heteroatoms. The first-order valence-corrected chi connectivity index (χ1v) is 7.74. The summed E-state index contributed by atoms with van der Waals surface area (Å²) >= 11 is 0. The van der Waals surface area contributed by atoms with Crippen LogP contribution in [0.4, 0.5) is 0 Å². The number of amides is 1. The number of benzene rings is 1. The van der Waals surface area contributed by atoms with E-state index in [1.807, 2.05) is 0 Å². The minimum atomic E-state index is -1.01. The van der Waals surface area contributed by atoms with Crippen LogP contribution in [0.5, 0.6) is 0 Å². The number of nitrogens with one attached hydrogen (secondary N) is 2. The van der Waals surface area contributed by atoms with Gasteiger partial charge in [0.05, 0.1) is 12.2 Å². The van der Waals surface area contributed by atoms with E-state index in [9.17, 15) is 14.4 Å². The zero-order chi connectivity index (χ0) is 17.9. The molecule has 0 fully saturated rings. The fraction of sp³-hybridized carbons (Fsp3) is 0.438. The molecule has 1 rings (SSSR count). The second-order valence-electron chi connectivity index (χ2n) is 5.12.